The Hall–Kier alpha value is -1.23. The molecule has 4 saturated carbocycles. The average molecular weight is 391 g/mol. The number of fused-ring (bicyclic) bond motifs is 5. The van der Waals surface area contributed by atoms with E-state index in [0.717, 1.165) is 44.9 Å². The Bertz CT molecular complexity index is 701. The molecule has 0 aliphatic heterocycles. The molecular weight excluding hydrogens is 356 g/mol. The minimum absolute atomic E-state index is 0.223. The first-order valence-electron chi connectivity index (χ1n) is 11.0. The molecule has 0 unspecified atom stereocenters. The van der Waals surface area contributed by atoms with Gasteiger partial charge in [0.15, 0.2) is 6.61 Å². The molecule has 0 aromatic rings. The zero-order valence-corrected chi connectivity index (χ0v) is 17.5. The van der Waals surface area contributed by atoms with Crippen molar-refractivity contribution in [3.8, 4) is 0 Å². The van der Waals surface area contributed by atoms with Gasteiger partial charge in [-0.1, -0.05) is 13.8 Å². The number of aliphatic hydroxyl groups is 1. The van der Waals surface area contributed by atoms with Crippen molar-refractivity contribution in [2.75, 3.05) is 6.61 Å². The molecule has 0 aromatic carbocycles. The van der Waals surface area contributed by atoms with Crippen molar-refractivity contribution in [3.05, 3.63) is 0 Å². The predicted molar refractivity (Wildman–Crippen MR) is 103 cm³/mol. The van der Waals surface area contributed by atoms with Crippen LogP contribution in [0.15, 0.2) is 0 Å². The lowest BCUT2D eigenvalue weighted by molar-refractivity contribution is -0.175. The highest BCUT2D eigenvalue weighted by Gasteiger charge is 2.66. The Kier molecular flexibility index (Phi) is 4.76. The Morgan fingerprint density at radius 2 is 1.79 bits per heavy atom. The van der Waals surface area contributed by atoms with Crippen molar-refractivity contribution in [3.63, 3.8) is 0 Å². The minimum Gasteiger partial charge on any atom is -0.458 e. The summed E-state index contributed by atoms with van der Waals surface area (Å²) < 4.78 is 4.93. The lowest BCUT2D eigenvalue weighted by atomic mass is 9.44. The van der Waals surface area contributed by atoms with Gasteiger partial charge < -0.3 is 9.84 Å². The van der Waals surface area contributed by atoms with Gasteiger partial charge in [0.1, 0.15) is 11.4 Å². The van der Waals surface area contributed by atoms with Crippen molar-refractivity contribution >= 4 is 17.5 Å². The van der Waals surface area contributed by atoms with Gasteiger partial charge in [0.25, 0.3) is 0 Å². The van der Waals surface area contributed by atoms with E-state index in [1.807, 2.05) is 0 Å². The van der Waals surface area contributed by atoms with Gasteiger partial charge in [-0.25, -0.2) is 0 Å². The lowest BCUT2D eigenvalue weighted by Crippen LogP contribution is -2.59. The van der Waals surface area contributed by atoms with Gasteiger partial charge in [-0.15, -0.1) is 0 Å². The van der Waals surface area contributed by atoms with E-state index in [-0.39, 0.29) is 17.8 Å². The number of carbonyl (C=O) groups excluding carboxylic acids is 3. The molecule has 0 saturated heterocycles. The smallest absolute Gasteiger partial charge is 0.303 e. The zero-order valence-electron chi connectivity index (χ0n) is 17.5. The van der Waals surface area contributed by atoms with E-state index in [4.69, 9.17) is 4.74 Å². The van der Waals surface area contributed by atoms with Crippen LogP contribution in [0.4, 0.5) is 0 Å². The second-order valence-corrected chi connectivity index (χ2v) is 10.5. The number of Topliss-reactive ketones (excluding diaryl/α,β-unsaturated/α-hetero) is 2. The highest BCUT2D eigenvalue weighted by molar-refractivity contribution is 5.91. The lowest BCUT2D eigenvalue weighted by Gasteiger charge is -2.60. The standard InChI is InChI=1S/C23H34O5/c1-14(24)28-13-20(26)23(27)11-8-19-17-5-4-15-12-16(25)6-9-21(15,2)18(17)7-10-22(19,23)3/h15,17-19,27H,4-13H2,1-3H3/t15-,17+,18+,19-,21-,22-,23+/m0/s1. The molecule has 0 radical (unpaired) electrons. The van der Waals surface area contributed by atoms with Crippen molar-refractivity contribution in [2.45, 2.75) is 84.2 Å². The highest BCUT2D eigenvalue weighted by Crippen LogP contribution is 2.68. The highest BCUT2D eigenvalue weighted by atomic mass is 16.5. The normalized spacial score (nSPS) is 47.6. The van der Waals surface area contributed by atoms with Crippen molar-refractivity contribution in [1.29, 1.82) is 0 Å². The monoisotopic (exact) mass is 390 g/mol. The summed E-state index contributed by atoms with van der Waals surface area (Å²) in [5.41, 5.74) is -1.61. The van der Waals surface area contributed by atoms with Crippen molar-refractivity contribution < 1.29 is 24.2 Å². The molecule has 4 rings (SSSR count). The van der Waals surface area contributed by atoms with Gasteiger partial charge >= 0.3 is 5.97 Å². The number of ketones is 2. The van der Waals surface area contributed by atoms with Gasteiger partial charge in [0.05, 0.1) is 0 Å². The van der Waals surface area contributed by atoms with E-state index in [1.165, 1.54) is 6.92 Å². The average Bonchev–Trinajstić information content (AvgIpc) is 2.92. The largest absolute Gasteiger partial charge is 0.458 e. The van der Waals surface area contributed by atoms with Crippen LogP contribution in [0, 0.1) is 34.5 Å². The van der Waals surface area contributed by atoms with E-state index in [0.29, 0.717) is 42.3 Å². The van der Waals surface area contributed by atoms with Crippen LogP contribution in [0.1, 0.15) is 78.6 Å². The summed E-state index contributed by atoms with van der Waals surface area (Å²) in [6.45, 7) is 5.45. The molecule has 0 aromatic heterocycles. The maximum absolute atomic E-state index is 12.9. The van der Waals surface area contributed by atoms with Gasteiger partial charge in [0.2, 0.25) is 5.78 Å². The van der Waals surface area contributed by atoms with Crippen molar-refractivity contribution in [2.24, 2.45) is 34.5 Å². The van der Waals surface area contributed by atoms with Gasteiger partial charge in [-0.3, -0.25) is 14.4 Å². The summed E-state index contributed by atoms with van der Waals surface area (Å²) in [6.07, 6.45) is 7.82. The second kappa shape index (κ2) is 6.65. The fourth-order valence-corrected chi connectivity index (χ4v) is 7.81. The summed E-state index contributed by atoms with van der Waals surface area (Å²) in [5.74, 6) is 1.53. The predicted octanol–water partition coefficient (Wildman–Crippen LogP) is 3.46. The van der Waals surface area contributed by atoms with Gasteiger partial charge in [-0.05, 0) is 74.0 Å². The van der Waals surface area contributed by atoms with E-state index in [9.17, 15) is 19.5 Å². The van der Waals surface area contributed by atoms with Crippen LogP contribution in [-0.4, -0.2) is 34.9 Å². The first kappa shape index (κ1) is 20.1. The molecule has 0 amide bonds. The number of carbonyl (C=O) groups is 3. The Balaban J connectivity index is 1.57. The third-order valence-electron chi connectivity index (χ3n) is 9.50. The quantitative estimate of drug-likeness (QED) is 0.747. The molecule has 1 N–H and O–H groups in total. The number of hydrogen-bond acceptors (Lipinski definition) is 5. The fraction of sp³-hybridized carbons (Fsp3) is 0.870. The molecule has 0 spiro atoms. The minimum atomic E-state index is -1.39. The number of ether oxygens (including phenoxy) is 1. The van der Waals surface area contributed by atoms with Crippen LogP contribution in [0.2, 0.25) is 0 Å². The summed E-state index contributed by atoms with van der Waals surface area (Å²) in [7, 11) is 0. The number of esters is 1. The van der Waals surface area contributed by atoms with E-state index in [1.54, 1.807) is 0 Å². The van der Waals surface area contributed by atoms with Crippen LogP contribution in [0.25, 0.3) is 0 Å². The first-order valence-corrected chi connectivity index (χ1v) is 11.0. The van der Waals surface area contributed by atoms with Crippen LogP contribution < -0.4 is 0 Å². The van der Waals surface area contributed by atoms with Gasteiger partial charge in [-0.2, -0.15) is 0 Å². The summed E-state index contributed by atoms with van der Waals surface area (Å²) in [6, 6.07) is 0. The van der Waals surface area contributed by atoms with E-state index >= 15 is 0 Å². The summed E-state index contributed by atoms with van der Waals surface area (Å²) in [5, 5.41) is 11.5. The molecule has 4 aliphatic rings. The van der Waals surface area contributed by atoms with Crippen LogP contribution in [0.3, 0.4) is 0 Å². The topological polar surface area (TPSA) is 80.7 Å². The second-order valence-electron chi connectivity index (χ2n) is 10.5. The number of hydrogen-bond donors (Lipinski definition) is 1. The van der Waals surface area contributed by atoms with E-state index in [2.05, 4.69) is 13.8 Å². The third-order valence-corrected chi connectivity index (χ3v) is 9.50. The Labute approximate surface area is 167 Å². The van der Waals surface area contributed by atoms with Crippen molar-refractivity contribution in [1.82, 2.24) is 0 Å². The maximum Gasteiger partial charge on any atom is 0.303 e. The Morgan fingerprint density at radius 1 is 1.07 bits per heavy atom. The maximum atomic E-state index is 12.9. The molecule has 4 fully saturated rings. The SMILES string of the molecule is CC(=O)OCC(=O)[C@]1(O)CC[C@H]2[C@@H]3CC[C@H]4CC(=O)CC[C@]4(C)[C@@H]3CC[C@@]21C. The molecule has 5 heteroatoms. The van der Waals surface area contributed by atoms with Crippen LogP contribution >= 0.6 is 0 Å². The summed E-state index contributed by atoms with van der Waals surface area (Å²) >= 11 is 0. The molecule has 7 atom stereocenters. The molecule has 4 aliphatic carbocycles. The Morgan fingerprint density at radius 3 is 2.50 bits per heavy atom. The molecule has 0 bridgehead atoms. The molecule has 5 nitrogen and oxygen atoms in total. The van der Waals surface area contributed by atoms with Crippen LogP contribution in [0.5, 0.6) is 0 Å². The first-order chi connectivity index (χ1) is 13.1. The zero-order chi connectivity index (χ0) is 20.3. The van der Waals surface area contributed by atoms with Gasteiger partial charge in [0, 0.05) is 25.2 Å². The molecule has 156 valence electrons. The summed E-state index contributed by atoms with van der Waals surface area (Å²) in [4.78, 5) is 36.0. The van der Waals surface area contributed by atoms with Crippen LogP contribution in [-0.2, 0) is 19.1 Å². The third kappa shape index (κ3) is 2.72. The fourth-order valence-electron chi connectivity index (χ4n) is 7.81. The molecule has 28 heavy (non-hydrogen) atoms. The number of rotatable bonds is 3. The molecular formula is C23H34O5. The van der Waals surface area contributed by atoms with E-state index < -0.39 is 17.0 Å². The molecule has 0 heterocycles.